The van der Waals surface area contributed by atoms with E-state index in [9.17, 15) is 13.2 Å². The quantitative estimate of drug-likeness (QED) is 0.837. The average Bonchev–Trinajstić information content (AvgIpc) is 2.63. The molecule has 0 aliphatic carbocycles. The van der Waals surface area contributed by atoms with Gasteiger partial charge in [-0.3, -0.25) is 4.79 Å². The lowest BCUT2D eigenvalue weighted by molar-refractivity contribution is -0.122. The van der Waals surface area contributed by atoms with Gasteiger partial charge in [0.25, 0.3) is 0 Å². The van der Waals surface area contributed by atoms with Gasteiger partial charge in [-0.2, -0.15) is 0 Å². The topological polar surface area (TPSA) is 89.3 Å². The molecule has 19 heavy (non-hydrogen) atoms. The average molecular weight is 304 g/mol. The number of carbonyl (C=O) groups excluding carboxylic acids is 1. The van der Waals surface area contributed by atoms with E-state index in [2.05, 4.69) is 12.2 Å². The third kappa shape index (κ3) is 5.30. The Labute approximate surface area is 118 Å². The van der Waals surface area contributed by atoms with Crippen molar-refractivity contribution in [3.8, 4) is 0 Å². The number of nitrogens with one attached hydrogen (secondary N) is 1. The van der Waals surface area contributed by atoms with Gasteiger partial charge >= 0.3 is 0 Å². The highest BCUT2D eigenvalue weighted by molar-refractivity contribution is 7.91. The van der Waals surface area contributed by atoms with Gasteiger partial charge in [0.15, 0.2) is 0 Å². The minimum atomic E-state index is -3.67. The highest BCUT2D eigenvalue weighted by Gasteiger charge is 2.20. The highest BCUT2D eigenvalue weighted by atomic mass is 32.2. The van der Waals surface area contributed by atoms with Crippen LogP contribution in [0.2, 0.25) is 0 Å². The summed E-state index contributed by atoms with van der Waals surface area (Å²) in [6.07, 6.45) is 2.06. The summed E-state index contributed by atoms with van der Waals surface area (Å²) < 4.78 is 22.4. The Hall–Kier alpha value is -0.920. The van der Waals surface area contributed by atoms with E-state index in [1.165, 1.54) is 6.07 Å². The summed E-state index contributed by atoms with van der Waals surface area (Å²) in [6.45, 7) is 6.00. The molecule has 0 unspecified atom stereocenters. The summed E-state index contributed by atoms with van der Waals surface area (Å²) in [5, 5.41) is 7.97. The molecular weight excluding hydrogens is 284 g/mol. The van der Waals surface area contributed by atoms with E-state index >= 15 is 0 Å². The molecule has 1 rings (SSSR count). The van der Waals surface area contributed by atoms with Gasteiger partial charge in [-0.15, -0.1) is 11.3 Å². The second-order valence-corrected chi connectivity index (χ2v) is 8.08. The number of amides is 1. The van der Waals surface area contributed by atoms with Crippen LogP contribution in [0, 0.1) is 0 Å². The Morgan fingerprint density at radius 1 is 1.42 bits per heavy atom. The van der Waals surface area contributed by atoms with Crippen LogP contribution in [0.25, 0.3) is 0 Å². The van der Waals surface area contributed by atoms with Crippen molar-refractivity contribution in [2.45, 2.75) is 49.8 Å². The van der Waals surface area contributed by atoms with Crippen LogP contribution in [0.3, 0.4) is 0 Å². The van der Waals surface area contributed by atoms with E-state index in [4.69, 9.17) is 5.14 Å². The maximum absolute atomic E-state index is 11.9. The molecule has 1 amide bonds. The minimum absolute atomic E-state index is 0.0862. The number of hydrogen-bond acceptors (Lipinski definition) is 4. The Balaban J connectivity index is 2.66. The number of hydrogen-bond donors (Lipinski definition) is 2. The van der Waals surface area contributed by atoms with Crippen molar-refractivity contribution in [1.82, 2.24) is 5.32 Å². The molecule has 3 N–H and O–H groups in total. The Morgan fingerprint density at radius 3 is 2.53 bits per heavy atom. The van der Waals surface area contributed by atoms with Gasteiger partial charge in [0.1, 0.15) is 4.21 Å². The first-order valence-electron chi connectivity index (χ1n) is 6.06. The van der Waals surface area contributed by atoms with Crippen LogP contribution in [0.1, 0.15) is 38.5 Å². The third-order valence-electron chi connectivity index (χ3n) is 2.61. The fourth-order valence-electron chi connectivity index (χ4n) is 1.87. The Morgan fingerprint density at radius 2 is 2.05 bits per heavy atom. The number of rotatable bonds is 6. The molecular formula is C12H20N2O3S2. The van der Waals surface area contributed by atoms with Crippen LogP contribution in [-0.2, 0) is 21.2 Å². The Kier molecular flexibility index (Phi) is 5.11. The third-order valence-corrected chi connectivity index (χ3v) is 5.13. The maximum Gasteiger partial charge on any atom is 0.247 e. The minimum Gasteiger partial charge on any atom is -0.351 e. The molecule has 0 radical (unpaired) electrons. The number of thiophene rings is 1. The smallest absolute Gasteiger partial charge is 0.247 e. The van der Waals surface area contributed by atoms with Gasteiger partial charge in [-0.1, -0.05) is 13.3 Å². The molecule has 0 aromatic carbocycles. The predicted octanol–water partition coefficient (Wildman–Crippen LogP) is 1.63. The van der Waals surface area contributed by atoms with Crippen LogP contribution in [0.15, 0.2) is 16.3 Å². The zero-order chi connectivity index (χ0) is 14.7. The van der Waals surface area contributed by atoms with Crippen LogP contribution in [-0.4, -0.2) is 19.9 Å². The van der Waals surface area contributed by atoms with E-state index in [0.29, 0.717) is 4.88 Å². The first-order valence-corrected chi connectivity index (χ1v) is 8.43. The fourth-order valence-corrected chi connectivity index (χ4v) is 3.65. The first-order chi connectivity index (χ1) is 8.64. The van der Waals surface area contributed by atoms with Crippen molar-refractivity contribution in [1.29, 1.82) is 0 Å². The van der Waals surface area contributed by atoms with Crippen LogP contribution in [0.4, 0.5) is 0 Å². The molecule has 0 aliphatic rings. The van der Waals surface area contributed by atoms with E-state index in [1.807, 2.05) is 13.8 Å². The van der Waals surface area contributed by atoms with E-state index in [0.717, 1.165) is 24.2 Å². The molecule has 0 saturated carbocycles. The van der Waals surface area contributed by atoms with Crippen LogP contribution < -0.4 is 10.5 Å². The Bertz CT molecular complexity index is 547. The van der Waals surface area contributed by atoms with Gasteiger partial charge in [0.05, 0.1) is 6.42 Å². The molecule has 7 heteroatoms. The van der Waals surface area contributed by atoms with Gasteiger partial charge in [-0.25, -0.2) is 13.6 Å². The SMILES string of the molecule is CCCC(C)(C)NC(=O)Cc1ccc(S(N)(=O)=O)s1. The highest BCUT2D eigenvalue weighted by Crippen LogP contribution is 2.21. The normalized spacial score (nSPS) is 12.4. The van der Waals surface area contributed by atoms with E-state index in [1.54, 1.807) is 6.07 Å². The van der Waals surface area contributed by atoms with Crippen molar-refractivity contribution in [2.75, 3.05) is 0 Å². The second-order valence-electron chi connectivity index (χ2n) is 5.12. The number of primary sulfonamides is 1. The molecule has 0 saturated heterocycles. The van der Waals surface area contributed by atoms with Crippen LogP contribution >= 0.6 is 11.3 Å². The molecule has 1 aromatic rings. The lowest BCUT2D eigenvalue weighted by Crippen LogP contribution is -2.43. The maximum atomic E-state index is 11.9. The summed E-state index contributed by atoms with van der Waals surface area (Å²) >= 11 is 1.03. The molecule has 1 heterocycles. The molecule has 5 nitrogen and oxygen atoms in total. The van der Waals surface area contributed by atoms with Gasteiger partial charge in [-0.05, 0) is 32.4 Å². The lowest BCUT2D eigenvalue weighted by atomic mass is 9.99. The summed E-state index contributed by atoms with van der Waals surface area (Å²) in [7, 11) is -3.67. The lowest BCUT2D eigenvalue weighted by Gasteiger charge is -2.25. The summed E-state index contributed by atoms with van der Waals surface area (Å²) in [5.74, 6) is -0.110. The van der Waals surface area contributed by atoms with Crippen LogP contribution in [0.5, 0.6) is 0 Å². The molecule has 0 aliphatic heterocycles. The van der Waals surface area contributed by atoms with Gasteiger partial charge in [0.2, 0.25) is 15.9 Å². The summed E-state index contributed by atoms with van der Waals surface area (Å²) in [4.78, 5) is 12.6. The molecule has 1 aromatic heterocycles. The number of sulfonamides is 1. The van der Waals surface area contributed by atoms with Crippen molar-refractivity contribution < 1.29 is 13.2 Å². The zero-order valence-electron chi connectivity index (χ0n) is 11.4. The summed E-state index contributed by atoms with van der Waals surface area (Å²) in [5.41, 5.74) is -0.244. The first kappa shape index (κ1) is 16.1. The molecule has 0 fully saturated rings. The van der Waals surface area contributed by atoms with Gasteiger partial charge < -0.3 is 5.32 Å². The predicted molar refractivity (Wildman–Crippen MR) is 76.5 cm³/mol. The summed E-state index contributed by atoms with van der Waals surface area (Å²) in [6, 6.07) is 3.05. The number of nitrogens with two attached hydrogens (primary N) is 1. The van der Waals surface area contributed by atoms with Crippen molar-refractivity contribution in [3.05, 3.63) is 17.0 Å². The number of carbonyl (C=O) groups is 1. The standard InChI is InChI=1S/C12H20N2O3S2/c1-4-7-12(2,3)14-10(15)8-9-5-6-11(18-9)19(13,16)17/h5-6H,4,7-8H2,1-3H3,(H,14,15)(H2,13,16,17). The zero-order valence-corrected chi connectivity index (χ0v) is 13.0. The van der Waals surface area contributed by atoms with Gasteiger partial charge in [0, 0.05) is 10.4 Å². The van der Waals surface area contributed by atoms with E-state index < -0.39 is 10.0 Å². The van der Waals surface area contributed by atoms with Crippen molar-refractivity contribution in [2.24, 2.45) is 5.14 Å². The van der Waals surface area contributed by atoms with Crippen molar-refractivity contribution >= 4 is 27.3 Å². The second kappa shape index (κ2) is 6.02. The molecule has 0 atom stereocenters. The van der Waals surface area contributed by atoms with E-state index in [-0.39, 0.29) is 22.1 Å². The fraction of sp³-hybridized carbons (Fsp3) is 0.583. The largest absolute Gasteiger partial charge is 0.351 e. The van der Waals surface area contributed by atoms with Crippen molar-refractivity contribution in [3.63, 3.8) is 0 Å². The monoisotopic (exact) mass is 304 g/mol. The molecule has 0 spiro atoms. The molecule has 108 valence electrons. The molecule has 0 bridgehead atoms.